The van der Waals surface area contributed by atoms with Crippen LogP contribution in [0, 0.1) is 0 Å². The van der Waals surface area contributed by atoms with Gasteiger partial charge in [0.1, 0.15) is 16.7 Å². The van der Waals surface area contributed by atoms with Gasteiger partial charge in [-0.05, 0) is 18.0 Å². The van der Waals surface area contributed by atoms with Crippen molar-refractivity contribution in [3.05, 3.63) is 10.8 Å². The van der Waals surface area contributed by atoms with Crippen LogP contribution in [-0.4, -0.2) is 20.4 Å². The van der Waals surface area contributed by atoms with Gasteiger partial charge in [-0.25, -0.2) is 4.98 Å². The molecule has 0 spiro atoms. The van der Waals surface area contributed by atoms with E-state index in [2.05, 4.69) is 9.36 Å². The maximum atomic E-state index is 11.1. The van der Waals surface area contributed by atoms with Crippen molar-refractivity contribution in [2.45, 2.75) is 51.9 Å². The standard InChI is InChI=1S/C11H18N2O2S/c1-5-6-7(9(14)15)8-12-10(13-16-8)11(2,3)4/h7H,5-6H2,1-4H3,(H,14,15). The number of carbonyl (C=O) groups is 1. The molecule has 1 unspecified atom stereocenters. The first-order valence-electron chi connectivity index (χ1n) is 5.43. The Kier molecular flexibility index (Phi) is 4.02. The summed E-state index contributed by atoms with van der Waals surface area (Å²) in [5, 5.41) is 9.73. The monoisotopic (exact) mass is 242 g/mol. The normalized spacial score (nSPS) is 13.8. The molecule has 0 saturated carbocycles. The van der Waals surface area contributed by atoms with E-state index in [0.717, 1.165) is 12.2 Å². The van der Waals surface area contributed by atoms with E-state index in [1.807, 2.05) is 27.7 Å². The fraction of sp³-hybridized carbons (Fsp3) is 0.727. The van der Waals surface area contributed by atoms with E-state index in [4.69, 9.17) is 5.11 Å². The molecular weight excluding hydrogens is 224 g/mol. The number of hydrogen-bond donors (Lipinski definition) is 1. The van der Waals surface area contributed by atoms with Crippen molar-refractivity contribution < 1.29 is 9.90 Å². The van der Waals surface area contributed by atoms with E-state index in [-0.39, 0.29) is 5.41 Å². The van der Waals surface area contributed by atoms with Crippen molar-refractivity contribution in [1.82, 2.24) is 9.36 Å². The minimum atomic E-state index is -0.807. The predicted octanol–water partition coefficient (Wildman–Crippen LogP) is 2.80. The first-order valence-corrected chi connectivity index (χ1v) is 6.20. The zero-order valence-corrected chi connectivity index (χ0v) is 11.0. The van der Waals surface area contributed by atoms with Gasteiger partial charge in [0.2, 0.25) is 0 Å². The average Bonchev–Trinajstić information content (AvgIpc) is 2.61. The molecule has 0 aliphatic carbocycles. The molecule has 1 aromatic heterocycles. The summed E-state index contributed by atoms with van der Waals surface area (Å²) in [5.74, 6) is -0.577. The third kappa shape index (κ3) is 3.01. The van der Waals surface area contributed by atoms with Crippen LogP contribution in [0.15, 0.2) is 0 Å². The number of hydrogen-bond acceptors (Lipinski definition) is 4. The van der Waals surface area contributed by atoms with Gasteiger partial charge in [-0.3, -0.25) is 4.79 Å². The molecular formula is C11H18N2O2S. The Morgan fingerprint density at radius 1 is 1.50 bits per heavy atom. The number of rotatable bonds is 4. The highest BCUT2D eigenvalue weighted by Gasteiger charge is 2.26. The molecule has 1 atom stereocenters. The molecule has 5 heteroatoms. The van der Waals surface area contributed by atoms with Crippen LogP contribution in [0.4, 0.5) is 0 Å². The summed E-state index contributed by atoms with van der Waals surface area (Å²) in [7, 11) is 0. The van der Waals surface area contributed by atoms with Crippen LogP contribution in [0.2, 0.25) is 0 Å². The fourth-order valence-electron chi connectivity index (χ4n) is 1.32. The molecule has 0 radical (unpaired) electrons. The molecule has 0 fully saturated rings. The highest BCUT2D eigenvalue weighted by Crippen LogP contribution is 2.27. The minimum absolute atomic E-state index is 0.121. The van der Waals surface area contributed by atoms with Gasteiger partial charge in [-0.15, -0.1) is 0 Å². The Balaban J connectivity index is 2.95. The average molecular weight is 242 g/mol. The maximum Gasteiger partial charge on any atom is 0.313 e. The number of aliphatic carboxylic acids is 1. The van der Waals surface area contributed by atoms with Gasteiger partial charge in [-0.2, -0.15) is 4.37 Å². The fourth-order valence-corrected chi connectivity index (χ4v) is 2.29. The molecule has 0 aromatic carbocycles. The van der Waals surface area contributed by atoms with E-state index in [9.17, 15) is 4.79 Å². The van der Waals surface area contributed by atoms with Crippen LogP contribution < -0.4 is 0 Å². The van der Waals surface area contributed by atoms with Crippen molar-refractivity contribution in [3.63, 3.8) is 0 Å². The number of carboxylic acids is 1. The molecule has 0 saturated heterocycles. The Morgan fingerprint density at radius 2 is 2.12 bits per heavy atom. The van der Waals surface area contributed by atoms with Crippen molar-refractivity contribution in [1.29, 1.82) is 0 Å². The summed E-state index contributed by atoms with van der Waals surface area (Å²) < 4.78 is 4.24. The molecule has 0 bridgehead atoms. The molecule has 0 aliphatic heterocycles. The Hall–Kier alpha value is -0.970. The smallest absolute Gasteiger partial charge is 0.313 e. The van der Waals surface area contributed by atoms with Crippen LogP contribution in [0.25, 0.3) is 0 Å². The van der Waals surface area contributed by atoms with E-state index >= 15 is 0 Å². The second-order valence-corrected chi connectivity index (χ2v) is 5.67. The zero-order valence-electron chi connectivity index (χ0n) is 10.1. The van der Waals surface area contributed by atoms with Crippen molar-refractivity contribution >= 4 is 17.5 Å². The lowest BCUT2D eigenvalue weighted by atomic mass is 9.96. The number of aromatic nitrogens is 2. The topological polar surface area (TPSA) is 63.1 Å². The second kappa shape index (κ2) is 4.91. The Labute approximate surface area is 99.9 Å². The summed E-state index contributed by atoms with van der Waals surface area (Å²) in [4.78, 5) is 15.4. The lowest BCUT2D eigenvalue weighted by Crippen LogP contribution is -2.15. The second-order valence-electron chi connectivity index (χ2n) is 4.89. The molecule has 1 heterocycles. The summed E-state index contributed by atoms with van der Waals surface area (Å²) >= 11 is 1.21. The van der Waals surface area contributed by atoms with E-state index in [1.54, 1.807) is 0 Å². The van der Waals surface area contributed by atoms with Gasteiger partial charge < -0.3 is 5.11 Å². The quantitative estimate of drug-likeness (QED) is 0.881. The summed E-state index contributed by atoms with van der Waals surface area (Å²) in [6, 6.07) is 0. The SMILES string of the molecule is CCCC(C(=O)O)c1nc(C(C)(C)C)ns1. The molecule has 1 rings (SSSR count). The highest BCUT2D eigenvalue weighted by molar-refractivity contribution is 7.05. The van der Waals surface area contributed by atoms with Gasteiger partial charge in [0.05, 0.1) is 0 Å². The summed E-state index contributed by atoms with van der Waals surface area (Å²) in [6.07, 6.45) is 1.45. The summed E-state index contributed by atoms with van der Waals surface area (Å²) in [5.41, 5.74) is -0.121. The maximum absolute atomic E-state index is 11.1. The van der Waals surface area contributed by atoms with E-state index in [0.29, 0.717) is 11.4 Å². The molecule has 1 N–H and O–H groups in total. The van der Waals surface area contributed by atoms with E-state index in [1.165, 1.54) is 11.5 Å². The van der Waals surface area contributed by atoms with Gasteiger partial charge >= 0.3 is 5.97 Å². The van der Waals surface area contributed by atoms with Gasteiger partial charge in [0.15, 0.2) is 0 Å². The van der Waals surface area contributed by atoms with Gasteiger partial charge in [0.25, 0.3) is 0 Å². The third-order valence-electron chi connectivity index (χ3n) is 2.29. The molecule has 0 aliphatic rings. The molecule has 90 valence electrons. The lowest BCUT2D eigenvalue weighted by Gasteiger charge is -2.12. The summed E-state index contributed by atoms with van der Waals surface area (Å²) in [6.45, 7) is 8.04. The van der Waals surface area contributed by atoms with Crippen molar-refractivity contribution in [2.24, 2.45) is 0 Å². The molecule has 1 aromatic rings. The molecule has 16 heavy (non-hydrogen) atoms. The zero-order chi connectivity index (χ0) is 12.3. The van der Waals surface area contributed by atoms with Crippen LogP contribution in [-0.2, 0) is 10.2 Å². The van der Waals surface area contributed by atoms with Crippen LogP contribution in [0.1, 0.15) is 57.3 Å². The predicted molar refractivity (Wildman–Crippen MR) is 63.9 cm³/mol. The van der Waals surface area contributed by atoms with Crippen molar-refractivity contribution in [3.8, 4) is 0 Å². The third-order valence-corrected chi connectivity index (χ3v) is 3.11. The van der Waals surface area contributed by atoms with E-state index < -0.39 is 11.9 Å². The lowest BCUT2D eigenvalue weighted by molar-refractivity contribution is -0.139. The Morgan fingerprint density at radius 3 is 2.50 bits per heavy atom. The molecule has 0 amide bonds. The first kappa shape index (κ1) is 13.1. The van der Waals surface area contributed by atoms with Crippen molar-refractivity contribution in [2.75, 3.05) is 0 Å². The first-order chi connectivity index (χ1) is 7.36. The minimum Gasteiger partial charge on any atom is -0.481 e. The number of carboxylic acid groups (broad SMARTS) is 1. The van der Waals surface area contributed by atoms with Crippen LogP contribution >= 0.6 is 11.5 Å². The van der Waals surface area contributed by atoms with Crippen LogP contribution in [0.3, 0.4) is 0 Å². The molecule has 4 nitrogen and oxygen atoms in total. The highest BCUT2D eigenvalue weighted by atomic mass is 32.1. The largest absolute Gasteiger partial charge is 0.481 e. The van der Waals surface area contributed by atoms with Crippen LogP contribution in [0.5, 0.6) is 0 Å². The van der Waals surface area contributed by atoms with Gasteiger partial charge in [0, 0.05) is 5.41 Å². The number of nitrogens with zero attached hydrogens (tertiary/aromatic N) is 2. The van der Waals surface area contributed by atoms with Gasteiger partial charge in [-0.1, -0.05) is 34.1 Å². The Bertz CT molecular complexity index is 368.